The van der Waals surface area contributed by atoms with E-state index in [0.717, 1.165) is 11.9 Å². The molecule has 0 unspecified atom stereocenters. The van der Waals surface area contributed by atoms with Gasteiger partial charge in [-0.25, -0.2) is 9.97 Å². The third-order valence-electron chi connectivity index (χ3n) is 2.61. The van der Waals surface area contributed by atoms with Crippen LogP contribution < -0.4 is 4.74 Å². The van der Waals surface area contributed by atoms with Gasteiger partial charge in [0.25, 0.3) is 0 Å². The predicted octanol–water partition coefficient (Wildman–Crippen LogP) is 3.09. The number of methoxy groups -OCH3 is 1. The van der Waals surface area contributed by atoms with E-state index in [1.807, 2.05) is 0 Å². The van der Waals surface area contributed by atoms with E-state index in [1.165, 1.54) is 13.3 Å². The van der Waals surface area contributed by atoms with Gasteiger partial charge in [-0.15, -0.1) is 0 Å². The summed E-state index contributed by atoms with van der Waals surface area (Å²) in [5, 5.41) is 0. The monoisotopic (exact) mass is 268 g/mol. The molecule has 3 nitrogen and oxygen atoms in total. The quantitative estimate of drug-likeness (QED) is 0.858. The SMILES string of the molecule is COc1ccc(Cc2cncnc2C(F)(F)F)cc1. The molecule has 0 atom stereocenters. The zero-order chi connectivity index (χ0) is 13.9. The summed E-state index contributed by atoms with van der Waals surface area (Å²) in [5.41, 5.74) is -0.0976. The summed E-state index contributed by atoms with van der Waals surface area (Å²) in [6, 6.07) is 6.83. The molecule has 0 aliphatic carbocycles. The molecule has 0 saturated heterocycles. The highest BCUT2D eigenvalue weighted by Gasteiger charge is 2.35. The number of aromatic nitrogens is 2. The van der Waals surface area contributed by atoms with Crippen LogP contribution in [-0.4, -0.2) is 17.1 Å². The molecule has 0 aliphatic rings. The molecule has 2 aromatic rings. The summed E-state index contributed by atoms with van der Waals surface area (Å²) in [4.78, 5) is 6.97. The standard InChI is InChI=1S/C13H11F3N2O/c1-19-11-4-2-9(3-5-11)6-10-7-17-8-18-12(10)13(14,15)16/h2-5,7-8H,6H2,1H3. The third kappa shape index (κ3) is 3.21. The molecule has 0 saturated carbocycles. The minimum atomic E-state index is -4.47. The molecule has 1 aromatic heterocycles. The molecular weight excluding hydrogens is 257 g/mol. The van der Waals surface area contributed by atoms with Crippen LogP contribution >= 0.6 is 0 Å². The van der Waals surface area contributed by atoms with Crippen LogP contribution in [0.5, 0.6) is 5.75 Å². The smallest absolute Gasteiger partial charge is 0.433 e. The molecule has 19 heavy (non-hydrogen) atoms. The van der Waals surface area contributed by atoms with Gasteiger partial charge >= 0.3 is 6.18 Å². The molecule has 1 aromatic carbocycles. The molecule has 0 bridgehead atoms. The lowest BCUT2D eigenvalue weighted by Crippen LogP contribution is -2.12. The first kappa shape index (κ1) is 13.3. The molecule has 0 fully saturated rings. The van der Waals surface area contributed by atoms with Gasteiger partial charge < -0.3 is 4.74 Å². The maximum Gasteiger partial charge on any atom is 0.433 e. The zero-order valence-electron chi connectivity index (χ0n) is 10.1. The van der Waals surface area contributed by atoms with Crippen molar-refractivity contribution in [1.29, 1.82) is 0 Å². The number of nitrogens with zero attached hydrogens (tertiary/aromatic N) is 2. The Labute approximate surface area is 108 Å². The van der Waals surface area contributed by atoms with Crippen molar-refractivity contribution in [2.45, 2.75) is 12.6 Å². The number of benzene rings is 1. The summed E-state index contributed by atoms with van der Waals surface area (Å²) in [6.45, 7) is 0. The highest BCUT2D eigenvalue weighted by Crippen LogP contribution is 2.30. The van der Waals surface area contributed by atoms with Gasteiger partial charge in [-0.2, -0.15) is 13.2 Å². The number of alkyl halides is 3. The number of hydrogen-bond donors (Lipinski definition) is 0. The lowest BCUT2D eigenvalue weighted by Gasteiger charge is -2.11. The summed E-state index contributed by atoms with van der Waals surface area (Å²) >= 11 is 0. The van der Waals surface area contributed by atoms with Gasteiger partial charge in [0.1, 0.15) is 12.1 Å². The second-order valence-corrected chi connectivity index (χ2v) is 3.92. The first-order valence-electron chi connectivity index (χ1n) is 5.49. The molecule has 6 heteroatoms. The van der Waals surface area contributed by atoms with Crippen molar-refractivity contribution in [1.82, 2.24) is 9.97 Å². The summed E-state index contributed by atoms with van der Waals surface area (Å²) < 4.78 is 43.3. The van der Waals surface area contributed by atoms with Gasteiger partial charge in [-0.05, 0) is 17.7 Å². The lowest BCUT2D eigenvalue weighted by molar-refractivity contribution is -0.141. The Bertz CT molecular complexity index is 553. The number of ether oxygens (including phenoxy) is 1. The number of halogens is 3. The van der Waals surface area contributed by atoms with Gasteiger partial charge in [-0.1, -0.05) is 12.1 Å². The van der Waals surface area contributed by atoms with Gasteiger partial charge in [0.15, 0.2) is 5.69 Å². The highest BCUT2D eigenvalue weighted by molar-refractivity contribution is 5.32. The summed E-state index contributed by atoms with van der Waals surface area (Å²) in [7, 11) is 1.53. The summed E-state index contributed by atoms with van der Waals surface area (Å²) in [6.07, 6.45) is -2.25. The Kier molecular flexibility index (Phi) is 3.69. The van der Waals surface area contributed by atoms with E-state index in [4.69, 9.17) is 4.74 Å². The number of rotatable bonds is 3. The molecule has 2 rings (SSSR count). The Morgan fingerprint density at radius 2 is 1.84 bits per heavy atom. The van der Waals surface area contributed by atoms with Crippen molar-refractivity contribution in [2.24, 2.45) is 0 Å². The average molecular weight is 268 g/mol. The minimum Gasteiger partial charge on any atom is -0.497 e. The van der Waals surface area contributed by atoms with Crippen LogP contribution in [0.25, 0.3) is 0 Å². The molecule has 0 spiro atoms. The van der Waals surface area contributed by atoms with Crippen LogP contribution in [0.4, 0.5) is 13.2 Å². The average Bonchev–Trinajstić information content (AvgIpc) is 2.39. The van der Waals surface area contributed by atoms with Gasteiger partial charge in [0.05, 0.1) is 7.11 Å². The predicted molar refractivity (Wildman–Crippen MR) is 62.8 cm³/mol. The van der Waals surface area contributed by atoms with Crippen LogP contribution in [0.15, 0.2) is 36.8 Å². The van der Waals surface area contributed by atoms with E-state index in [9.17, 15) is 13.2 Å². The van der Waals surface area contributed by atoms with Crippen LogP contribution in [-0.2, 0) is 12.6 Å². The third-order valence-corrected chi connectivity index (χ3v) is 2.61. The van der Waals surface area contributed by atoms with Crippen LogP contribution in [0.3, 0.4) is 0 Å². The van der Waals surface area contributed by atoms with E-state index in [2.05, 4.69) is 9.97 Å². The molecule has 100 valence electrons. The zero-order valence-corrected chi connectivity index (χ0v) is 10.1. The van der Waals surface area contributed by atoms with Crippen molar-refractivity contribution in [3.63, 3.8) is 0 Å². The highest BCUT2D eigenvalue weighted by atomic mass is 19.4. The maximum absolute atomic E-state index is 12.8. The Balaban J connectivity index is 2.28. The van der Waals surface area contributed by atoms with E-state index in [-0.39, 0.29) is 12.0 Å². The van der Waals surface area contributed by atoms with Crippen molar-refractivity contribution in [3.05, 3.63) is 53.6 Å². The number of hydrogen-bond acceptors (Lipinski definition) is 3. The Hall–Kier alpha value is -2.11. The van der Waals surface area contributed by atoms with Crippen LogP contribution in [0.1, 0.15) is 16.8 Å². The molecule has 1 heterocycles. The second-order valence-electron chi connectivity index (χ2n) is 3.92. The normalized spacial score (nSPS) is 11.4. The van der Waals surface area contributed by atoms with Crippen molar-refractivity contribution < 1.29 is 17.9 Å². The fourth-order valence-corrected chi connectivity index (χ4v) is 1.71. The lowest BCUT2D eigenvalue weighted by atomic mass is 10.0. The summed E-state index contributed by atoms with van der Waals surface area (Å²) in [5.74, 6) is 0.657. The van der Waals surface area contributed by atoms with Crippen LogP contribution in [0, 0.1) is 0 Å². The fourth-order valence-electron chi connectivity index (χ4n) is 1.71. The molecule has 0 aliphatic heterocycles. The maximum atomic E-state index is 12.8. The van der Waals surface area contributed by atoms with E-state index < -0.39 is 11.9 Å². The van der Waals surface area contributed by atoms with Crippen molar-refractivity contribution >= 4 is 0 Å². The van der Waals surface area contributed by atoms with Gasteiger partial charge in [-0.3, -0.25) is 0 Å². The fraction of sp³-hybridized carbons (Fsp3) is 0.231. The Morgan fingerprint density at radius 1 is 1.16 bits per heavy atom. The van der Waals surface area contributed by atoms with E-state index in [0.29, 0.717) is 5.75 Å². The first-order chi connectivity index (χ1) is 9.00. The minimum absolute atomic E-state index is 0.0557. The Morgan fingerprint density at radius 3 is 2.42 bits per heavy atom. The largest absolute Gasteiger partial charge is 0.497 e. The van der Waals surface area contributed by atoms with E-state index >= 15 is 0 Å². The van der Waals surface area contributed by atoms with Crippen molar-refractivity contribution in [3.8, 4) is 5.75 Å². The molecule has 0 radical (unpaired) electrons. The molecular formula is C13H11F3N2O. The van der Waals surface area contributed by atoms with Crippen molar-refractivity contribution in [2.75, 3.05) is 7.11 Å². The van der Waals surface area contributed by atoms with E-state index in [1.54, 1.807) is 24.3 Å². The van der Waals surface area contributed by atoms with Gasteiger partial charge in [0.2, 0.25) is 0 Å². The first-order valence-corrected chi connectivity index (χ1v) is 5.49. The molecule has 0 N–H and O–H groups in total. The van der Waals surface area contributed by atoms with Crippen LogP contribution in [0.2, 0.25) is 0 Å². The van der Waals surface area contributed by atoms with Gasteiger partial charge in [0, 0.05) is 18.2 Å². The topological polar surface area (TPSA) is 35.0 Å². The second kappa shape index (κ2) is 5.26. The molecule has 0 amide bonds.